The van der Waals surface area contributed by atoms with E-state index in [4.69, 9.17) is 9.47 Å². The van der Waals surface area contributed by atoms with Gasteiger partial charge in [-0.1, -0.05) is 18.2 Å². The molecule has 2 aliphatic heterocycles. The SMILES string of the molecule is C[C@@]1(C(=O)Nc2ccc3c(c2)OCO3)CCC(=O)N1CCc1c[nH]c2ccccc12. The second kappa shape index (κ2) is 7.09. The van der Waals surface area contributed by atoms with Crippen molar-refractivity contribution in [3.05, 3.63) is 54.2 Å². The summed E-state index contributed by atoms with van der Waals surface area (Å²) in [5.74, 6) is 1.09. The molecule has 1 atom stereocenters. The van der Waals surface area contributed by atoms with Gasteiger partial charge in [0.1, 0.15) is 5.54 Å². The van der Waals surface area contributed by atoms with E-state index in [1.165, 1.54) is 0 Å². The summed E-state index contributed by atoms with van der Waals surface area (Å²) in [5, 5.41) is 4.10. The number of carbonyl (C=O) groups excluding carboxylic acids is 2. The normalized spacial score (nSPS) is 20.2. The number of fused-ring (bicyclic) bond motifs is 2. The molecular formula is C23H23N3O4. The maximum atomic E-state index is 13.2. The Morgan fingerprint density at radius 2 is 2.03 bits per heavy atom. The molecule has 2 N–H and O–H groups in total. The Hall–Kier alpha value is -3.48. The maximum Gasteiger partial charge on any atom is 0.250 e. The summed E-state index contributed by atoms with van der Waals surface area (Å²) in [5.41, 5.74) is 1.95. The number of hydrogen-bond donors (Lipinski definition) is 2. The van der Waals surface area contributed by atoms with Gasteiger partial charge in [0.25, 0.3) is 0 Å². The van der Waals surface area contributed by atoms with Gasteiger partial charge in [0.05, 0.1) is 0 Å². The lowest BCUT2D eigenvalue weighted by atomic mass is 9.97. The molecule has 3 heterocycles. The highest BCUT2D eigenvalue weighted by atomic mass is 16.7. The number of nitrogens with zero attached hydrogens (tertiary/aromatic N) is 1. The fraction of sp³-hybridized carbons (Fsp3) is 0.304. The van der Waals surface area contributed by atoms with E-state index < -0.39 is 5.54 Å². The van der Waals surface area contributed by atoms with Crippen molar-refractivity contribution in [3.8, 4) is 11.5 Å². The molecule has 0 unspecified atom stereocenters. The minimum absolute atomic E-state index is 0.0122. The van der Waals surface area contributed by atoms with Gasteiger partial charge in [-0.25, -0.2) is 0 Å². The van der Waals surface area contributed by atoms with E-state index in [0.29, 0.717) is 43.0 Å². The molecule has 0 saturated carbocycles. The van der Waals surface area contributed by atoms with E-state index >= 15 is 0 Å². The Morgan fingerprint density at radius 3 is 2.93 bits per heavy atom. The standard InChI is InChI=1S/C23H23N3O4/c1-23(22(28)25-16-6-7-19-20(12-16)30-14-29-19)10-8-21(27)26(23)11-9-15-13-24-18-5-3-2-4-17(15)18/h2-7,12-13,24H,8-11,14H2,1H3,(H,25,28)/t23-/m0/s1. The first-order valence-corrected chi connectivity index (χ1v) is 10.1. The van der Waals surface area contributed by atoms with Crippen molar-refractivity contribution in [2.24, 2.45) is 0 Å². The first-order valence-electron chi connectivity index (χ1n) is 10.1. The summed E-state index contributed by atoms with van der Waals surface area (Å²) in [7, 11) is 0. The molecule has 1 fully saturated rings. The van der Waals surface area contributed by atoms with Crippen molar-refractivity contribution in [2.45, 2.75) is 31.7 Å². The number of H-pyrrole nitrogens is 1. The second-order valence-electron chi connectivity index (χ2n) is 7.95. The lowest BCUT2D eigenvalue weighted by Gasteiger charge is -2.34. The maximum absolute atomic E-state index is 13.2. The van der Waals surface area contributed by atoms with Gasteiger partial charge in [-0.3, -0.25) is 9.59 Å². The number of carbonyl (C=O) groups is 2. The Labute approximate surface area is 174 Å². The van der Waals surface area contributed by atoms with E-state index in [1.807, 2.05) is 31.3 Å². The van der Waals surface area contributed by atoms with Crippen LogP contribution in [-0.2, 0) is 16.0 Å². The van der Waals surface area contributed by atoms with Crippen LogP contribution in [0.4, 0.5) is 5.69 Å². The van der Waals surface area contributed by atoms with E-state index in [2.05, 4.69) is 16.4 Å². The molecule has 2 aromatic carbocycles. The average molecular weight is 405 g/mol. The summed E-state index contributed by atoms with van der Waals surface area (Å²) in [6.45, 7) is 2.52. The summed E-state index contributed by atoms with van der Waals surface area (Å²) < 4.78 is 10.7. The largest absolute Gasteiger partial charge is 0.454 e. The fourth-order valence-corrected chi connectivity index (χ4v) is 4.31. The number of anilines is 1. The van der Waals surface area contributed by atoms with Crippen molar-refractivity contribution < 1.29 is 19.1 Å². The molecule has 7 nitrogen and oxygen atoms in total. The predicted octanol–water partition coefficient (Wildman–Crippen LogP) is 3.46. The molecule has 154 valence electrons. The van der Waals surface area contributed by atoms with Gasteiger partial charge in [-0.2, -0.15) is 0 Å². The zero-order valence-corrected chi connectivity index (χ0v) is 16.7. The van der Waals surface area contributed by atoms with Crippen molar-refractivity contribution in [1.29, 1.82) is 0 Å². The molecular weight excluding hydrogens is 382 g/mol. The average Bonchev–Trinajstić information content (AvgIpc) is 3.45. The Kier molecular flexibility index (Phi) is 4.38. The molecule has 1 saturated heterocycles. The second-order valence-corrected chi connectivity index (χ2v) is 7.95. The minimum Gasteiger partial charge on any atom is -0.454 e. The van der Waals surface area contributed by atoms with E-state index in [-0.39, 0.29) is 18.6 Å². The number of ether oxygens (including phenoxy) is 2. The van der Waals surface area contributed by atoms with Gasteiger partial charge in [0.2, 0.25) is 18.6 Å². The molecule has 30 heavy (non-hydrogen) atoms. The van der Waals surface area contributed by atoms with Gasteiger partial charge in [-0.05, 0) is 43.5 Å². The lowest BCUT2D eigenvalue weighted by Crippen LogP contribution is -2.52. The molecule has 7 heteroatoms. The molecule has 3 aromatic rings. The highest BCUT2D eigenvalue weighted by Gasteiger charge is 2.47. The number of para-hydroxylation sites is 1. The molecule has 1 aromatic heterocycles. The van der Waals surface area contributed by atoms with E-state index in [1.54, 1.807) is 23.1 Å². The number of aromatic amines is 1. The number of nitrogens with one attached hydrogen (secondary N) is 2. The third kappa shape index (κ3) is 3.07. The topological polar surface area (TPSA) is 83.7 Å². The molecule has 0 aliphatic carbocycles. The van der Waals surface area contributed by atoms with Crippen molar-refractivity contribution >= 4 is 28.4 Å². The minimum atomic E-state index is -0.889. The van der Waals surface area contributed by atoms with Crippen molar-refractivity contribution in [1.82, 2.24) is 9.88 Å². The molecule has 0 radical (unpaired) electrons. The first-order chi connectivity index (χ1) is 14.5. The van der Waals surface area contributed by atoms with Crippen molar-refractivity contribution in [2.75, 3.05) is 18.7 Å². The van der Waals surface area contributed by atoms with Crippen LogP contribution in [0.25, 0.3) is 10.9 Å². The number of aromatic nitrogens is 1. The number of hydrogen-bond acceptors (Lipinski definition) is 4. The molecule has 2 aliphatic rings. The molecule has 0 bridgehead atoms. The summed E-state index contributed by atoms with van der Waals surface area (Å²) in [6.07, 6.45) is 3.53. The van der Waals surface area contributed by atoms with Crippen LogP contribution in [0.3, 0.4) is 0 Å². The smallest absolute Gasteiger partial charge is 0.250 e. The first kappa shape index (κ1) is 18.5. The number of benzene rings is 2. The zero-order valence-electron chi connectivity index (χ0n) is 16.7. The van der Waals surface area contributed by atoms with Gasteiger partial charge >= 0.3 is 0 Å². The summed E-state index contributed by atoms with van der Waals surface area (Å²) in [6, 6.07) is 13.4. The third-order valence-corrected chi connectivity index (χ3v) is 6.12. The van der Waals surface area contributed by atoms with Gasteiger partial charge in [0.15, 0.2) is 11.5 Å². The molecule has 5 rings (SSSR count). The fourth-order valence-electron chi connectivity index (χ4n) is 4.31. The van der Waals surface area contributed by atoms with E-state index in [9.17, 15) is 9.59 Å². The summed E-state index contributed by atoms with van der Waals surface area (Å²) >= 11 is 0. The van der Waals surface area contributed by atoms with Crippen LogP contribution >= 0.6 is 0 Å². The highest BCUT2D eigenvalue weighted by Crippen LogP contribution is 2.36. The van der Waals surface area contributed by atoms with Crippen LogP contribution in [0.15, 0.2) is 48.7 Å². The zero-order chi connectivity index (χ0) is 20.7. The van der Waals surface area contributed by atoms with Crippen LogP contribution in [0.2, 0.25) is 0 Å². The van der Waals surface area contributed by atoms with Crippen LogP contribution in [-0.4, -0.2) is 40.6 Å². The van der Waals surface area contributed by atoms with Crippen LogP contribution in [0.5, 0.6) is 11.5 Å². The van der Waals surface area contributed by atoms with Crippen LogP contribution < -0.4 is 14.8 Å². The van der Waals surface area contributed by atoms with Gasteiger partial charge < -0.3 is 24.7 Å². The number of likely N-dealkylation sites (tertiary alicyclic amines) is 1. The lowest BCUT2D eigenvalue weighted by molar-refractivity contribution is -0.137. The van der Waals surface area contributed by atoms with Crippen molar-refractivity contribution in [3.63, 3.8) is 0 Å². The summed E-state index contributed by atoms with van der Waals surface area (Å²) in [4.78, 5) is 30.8. The van der Waals surface area contributed by atoms with E-state index in [0.717, 1.165) is 16.5 Å². The highest BCUT2D eigenvalue weighted by molar-refractivity contribution is 6.02. The third-order valence-electron chi connectivity index (χ3n) is 6.12. The van der Waals surface area contributed by atoms with Crippen LogP contribution in [0.1, 0.15) is 25.3 Å². The Morgan fingerprint density at radius 1 is 1.20 bits per heavy atom. The molecule has 2 amide bonds. The number of rotatable bonds is 5. The van der Waals surface area contributed by atoms with Crippen LogP contribution in [0, 0.1) is 0 Å². The quantitative estimate of drug-likeness (QED) is 0.681. The predicted molar refractivity (Wildman–Crippen MR) is 113 cm³/mol. The Balaban J connectivity index is 1.32. The Bertz CT molecular complexity index is 1140. The number of amides is 2. The monoisotopic (exact) mass is 405 g/mol. The molecule has 0 spiro atoms. The van der Waals surface area contributed by atoms with Gasteiger partial charge in [0, 0.05) is 41.8 Å². The van der Waals surface area contributed by atoms with Gasteiger partial charge in [-0.15, -0.1) is 0 Å².